The van der Waals surface area contributed by atoms with Crippen LogP contribution in [0.1, 0.15) is 28.0 Å². The fraction of sp³-hybridized carbons (Fsp3) is 0.0714. The van der Waals surface area contributed by atoms with Crippen LogP contribution < -0.4 is 5.32 Å². The number of H-pyrrole nitrogens is 1. The van der Waals surface area contributed by atoms with Crippen molar-refractivity contribution in [3.8, 4) is 0 Å². The third-order valence-electron chi connectivity index (χ3n) is 3.13. The van der Waals surface area contributed by atoms with E-state index in [1.54, 1.807) is 24.3 Å². The largest absolute Gasteiger partial charge is 0.386 e. The number of aromatic amines is 1. The average Bonchev–Trinajstić information content (AvgIpc) is 3.12. The minimum absolute atomic E-state index is 0.0989. The molecule has 0 saturated carbocycles. The Morgan fingerprint density at radius 1 is 1.32 bits per heavy atom. The van der Waals surface area contributed by atoms with Gasteiger partial charge in [0.2, 0.25) is 5.78 Å². The van der Waals surface area contributed by atoms with Crippen LogP contribution >= 0.6 is 0 Å². The molecule has 0 saturated heterocycles. The van der Waals surface area contributed by atoms with E-state index in [4.69, 9.17) is 9.93 Å². The molecule has 8 nitrogen and oxygen atoms in total. The summed E-state index contributed by atoms with van der Waals surface area (Å²) in [5.74, 6) is -0.840. The number of hydrogen-bond acceptors (Lipinski definition) is 6. The predicted molar refractivity (Wildman–Crippen MR) is 76.2 cm³/mol. The Morgan fingerprint density at radius 2 is 2.09 bits per heavy atom. The van der Waals surface area contributed by atoms with Gasteiger partial charge in [-0.3, -0.25) is 9.89 Å². The summed E-state index contributed by atoms with van der Waals surface area (Å²) in [6, 6.07) is 7.04. The highest BCUT2D eigenvalue weighted by atomic mass is 16.5. The lowest BCUT2D eigenvalue weighted by atomic mass is 10.1. The van der Waals surface area contributed by atoms with Gasteiger partial charge in [-0.2, -0.15) is 5.10 Å². The Kier molecular flexibility index (Phi) is 3.36. The Bertz CT molecular complexity index is 893. The van der Waals surface area contributed by atoms with Gasteiger partial charge in [0.05, 0.1) is 11.1 Å². The van der Waals surface area contributed by atoms with Gasteiger partial charge in [-0.1, -0.05) is 17.3 Å². The highest BCUT2D eigenvalue weighted by molar-refractivity contribution is 6.44. The second kappa shape index (κ2) is 5.34. The van der Waals surface area contributed by atoms with Crippen molar-refractivity contribution in [2.75, 3.05) is 0 Å². The molecule has 0 fully saturated rings. The van der Waals surface area contributed by atoms with Gasteiger partial charge in [0, 0.05) is 0 Å². The van der Waals surface area contributed by atoms with Crippen molar-refractivity contribution in [2.45, 2.75) is 6.92 Å². The number of quaternary nitrogens is 1. The topological polar surface area (TPSA) is 129 Å². The molecule has 0 bridgehead atoms. The third-order valence-corrected chi connectivity index (χ3v) is 3.13. The van der Waals surface area contributed by atoms with Gasteiger partial charge in [0.15, 0.2) is 11.4 Å². The number of nitrogens with two attached hydrogens (primary N) is 1. The number of aromatic nitrogens is 3. The first-order valence-electron chi connectivity index (χ1n) is 6.44. The Hall–Kier alpha value is -3.13. The van der Waals surface area contributed by atoms with Crippen molar-refractivity contribution >= 4 is 34.0 Å². The second-order valence-corrected chi connectivity index (χ2v) is 4.69. The highest BCUT2D eigenvalue weighted by Gasteiger charge is 2.25. The van der Waals surface area contributed by atoms with Crippen molar-refractivity contribution in [3.05, 3.63) is 41.9 Å². The van der Waals surface area contributed by atoms with Crippen molar-refractivity contribution in [1.82, 2.24) is 15.4 Å². The summed E-state index contributed by atoms with van der Waals surface area (Å²) >= 11 is 0. The molecule has 8 heteroatoms. The zero-order chi connectivity index (χ0) is 15.7. The van der Waals surface area contributed by atoms with Gasteiger partial charge in [-0.25, -0.2) is 10.1 Å². The number of primary amides is 1. The predicted octanol–water partition coefficient (Wildman–Crippen LogP) is 0.809. The summed E-state index contributed by atoms with van der Waals surface area (Å²) in [5.41, 5.74) is 0.848. The van der Waals surface area contributed by atoms with Gasteiger partial charge in [0.1, 0.15) is 11.7 Å². The molecule has 2 heterocycles. The minimum Gasteiger partial charge on any atom is -0.345 e. The van der Waals surface area contributed by atoms with Crippen LogP contribution in [-0.4, -0.2) is 32.8 Å². The van der Waals surface area contributed by atoms with E-state index in [0.717, 1.165) is 0 Å². The quantitative estimate of drug-likeness (QED) is 0.484. The number of carbonyl (C=O) groups is 2. The first kappa shape index (κ1) is 13.8. The monoisotopic (exact) mass is 298 g/mol. The molecule has 4 N–H and O–H groups in total. The third kappa shape index (κ3) is 2.31. The van der Waals surface area contributed by atoms with E-state index < -0.39 is 11.7 Å². The van der Waals surface area contributed by atoms with Crippen molar-refractivity contribution in [3.63, 3.8) is 0 Å². The maximum atomic E-state index is 12.3. The minimum atomic E-state index is -0.515. The van der Waals surface area contributed by atoms with Crippen LogP contribution in [0.4, 0.5) is 5.69 Å². The molecule has 22 heavy (non-hydrogen) atoms. The lowest BCUT2D eigenvalue weighted by molar-refractivity contribution is -0.465. The zero-order valence-electron chi connectivity index (χ0n) is 11.6. The summed E-state index contributed by atoms with van der Waals surface area (Å²) < 4.78 is 5.08. The average molecular weight is 298 g/mol. The summed E-state index contributed by atoms with van der Waals surface area (Å²) in [4.78, 5) is 24.2. The molecule has 1 aromatic carbocycles. The number of nitrogens with one attached hydrogen (secondary N) is 2. The number of hydrogen-bond donors (Lipinski definition) is 3. The molecule has 0 aliphatic rings. The maximum absolute atomic E-state index is 12.3. The van der Waals surface area contributed by atoms with E-state index in [1.807, 2.05) is 0 Å². The molecule has 110 valence electrons. The Labute approximate surface area is 124 Å². The zero-order valence-corrected chi connectivity index (χ0v) is 11.6. The van der Waals surface area contributed by atoms with Crippen molar-refractivity contribution < 1.29 is 19.4 Å². The number of amides is 1. The number of fused-ring (bicyclic) bond motifs is 1. The van der Waals surface area contributed by atoms with Gasteiger partial charge in [-0.15, -0.1) is 0 Å². The Morgan fingerprint density at radius 3 is 2.86 bits per heavy atom. The van der Waals surface area contributed by atoms with E-state index in [0.29, 0.717) is 16.6 Å². The lowest BCUT2D eigenvalue weighted by Gasteiger charge is -1.97. The lowest BCUT2D eigenvalue weighted by Crippen LogP contribution is -2.82. The van der Waals surface area contributed by atoms with Gasteiger partial charge >= 0.3 is 5.91 Å². The van der Waals surface area contributed by atoms with Gasteiger partial charge in [-0.05, 0) is 19.1 Å². The molecular formula is C14H12N5O3+. The van der Waals surface area contributed by atoms with Crippen LogP contribution in [0.3, 0.4) is 0 Å². The van der Waals surface area contributed by atoms with Crippen LogP contribution in [0.5, 0.6) is 0 Å². The van der Waals surface area contributed by atoms with E-state index in [2.05, 4.69) is 15.4 Å². The molecule has 0 unspecified atom stereocenters. The normalized spacial score (nSPS) is 10.8. The van der Waals surface area contributed by atoms with Crippen LogP contribution in [-0.2, 0) is 0 Å². The Balaban J connectivity index is 1.91. The van der Waals surface area contributed by atoms with E-state index in [-0.39, 0.29) is 17.2 Å². The summed E-state index contributed by atoms with van der Waals surface area (Å²) in [6.45, 7) is 1.37. The first-order chi connectivity index (χ1) is 10.6. The van der Waals surface area contributed by atoms with E-state index in [1.165, 1.54) is 18.4 Å². The summed E-state index contributed by atoms with van der Waals surface area (Å²) in [5, 5.41) is 19.3. The number of nitrogens with zero attached hydrogens (tertiary/aromatic N) is 2. The summed E-state index contributed by atoms with van der Waals surface area (Å²) in [7, 11) is 0. The van der Waals surface area contributed by atoms with Gasteiger partial charge in [0.25, 0.3) is 5.76 Å². The fourth-order valence-electron chi connectivity index (χ4n) is 2.05. The van der Waals surface area contributed by atoms with Gasteiger partial charge < -0.3 is 9.93 Å². The molecule has 1 amide bonds. The van der Waals surface area contributed by atoms with Crippen LogP contribution in [0.25, 0.3) is 10.9 Å². The van der Waals surface area contributed by atoms with Crippen molar-refractivity contribution in [1.29, 1.82) is 5.41 Å². The molecular weight excluding hydrogens is 286 g/mol. The number of benzene rings is 1. The standard InChI is InChI=1S/C14H11N5O3/c1-7(15)12(20)11-10(6-16-18-11)17-14(21)13-8-4-2-3-5-9(8)19-22-13/h2-6,15H,1H3,(H,16,18)(H,17,21)/p+1. The van der Waals surface area contributed by atoms with Crippen LogP contribution in [0.2, 0.25) is 0 Å². The second-order valence-electron chi connectivity index (χ2n) is 4.69. The molecule has 3 aromatic rings. The van der Waals surface area contributed by atoms with Crippen molar-refractivity contribution in [2.24, 2.45) is 0 Å². The first-order valence-corrected chi connectivity index (χ1v) is 6.44. The molecule has 0 aliphatic carbocycles. The number of rotatable bonds is 4. The molecule has 0 atom stereocenters. The SMILES string of the molecule is CC(=N)C(=O)c1[nH]ncc1[NH2+]C(=O)c1onc2ccccc12. The van der Waals surface area contributed by atoms with E-state index in [9.17, 15) is 9.59 Å². The number of carbonyl (C=O) groups excluding carboxylic acids is 2. The molecule has 2 aromatic heterocycles. The van der Waals surface area contributed by atoms with Crippen LogP contribution in [0.15, 0.2) is 35.0 Å². The number of Topliss-reactive ketones (excluding diaryl/α,β-unsaturated/α-hetero) is 1. The van der Waals surface area contributed by atoms with E-state index >= 15 is 0 Å². The molecule has 0 aliphatic heterocycles. The molecule has 0 spiro atoms. The highest BCUT2D eigenvalue weighted by Crippen LogP contribution is 2.17. The molecule has 3 rings (SSSR count). The number of ketones is 1. The van der Waals surface area contributed by atoms with Crippen LogP contribution in [0, 0.1) is 5.41 Å². The fourth-order valence-corrected chi connectivity index (χ4v) is 2.05. The maximum Gasteiger partial charge on any atom is 0.386 e. The smallest absolute Gasteiger partial charge is 0.345 e. The molecule has 0 radical (unpaired) electrons. The summed E-state index contributed by atoms with van der Waals surface area (Å²) in [6.07, 6.45) is 1.35.